The number of fused-ring (bicyclic) bond motifs is 1. The molecule has 0 N–H and O–H groups in total. The third-order valence-corrected chi connectivity index (χ3v) is 5.97. The Balaban J connectivity index is 1.26. The first-order valence-electron chi connectivity index (χ1n) is 9.91. The van der Waals surface area contributed by atoms with E-state index in [4.69, 9.17) is 4.74 Å². The van der Waals surface area contributed by atoms with Crippen molar-refractivity contribution in [1.29, 1.82) is 0 Å². The molecule has 28 heavy (non-hydrogen) atoms. The van der Waals surface area contributed by atoms with Crippen LogP contribution in [0.15, 0.2) is 24.3 Å². The van der Waals surface area contributed by atoms with E-state index in [0.29, 0.717) is 17.9 Å². The molecule has 1 aromatic carbocycles. The fourth-order valence-electron chi connectivity index (χ4n) is 4.49. The lowest BCUT2D eigenvalue weighted by Gasteiger charge is -2.44. The van der Waals surface area contributed by atoms with Gasteiger partial charge in [-0.05, 0) is 44.7 Å². The molecule has 4 rings (SSSR count). The van der Waals surface area contributed by atoms with Crippen LogP contribution in [-0.2, 0) is 4.74 Å². The van der Waals surface area contributed by atoms with E-state index in [-0.39, 0.29) is 16.7 Å². The number of nitrogens with zero attached hydrogens (tertiary/aromatic N) is 4. The fourth-order valence-corrected chi connectivity index (χ4v) is 4.49. The van der Waals surface area contributed by atoms with Gasteiger partial charge in [-0.1, -0.05) is 0 Å². The first-order chi connectivity index (χ1) is 13.2. The second kappa shape index (κ2) is 6.92. The van der Waals surface area contributed by atoms with E-state index >= 15 is 0 Å². The van der Waals surface area contributed by atoms with Crippen LogP contribution in [0, 0.1) is 22.0 Å². The van der Waals surface area contributed by atoms with Crippen molar-refractivity contribution in [3.05, 3.63) is 34.4 Å². The molecule has 3 saturated heterocycles. The number of carbonyl (C=O) groups excluding carboxylic acids is 1. The summed E-state index contributed by atoms with van der Waals surface area (Å²) in [6.07, 6.45) is -0.215. The number of nitro groups is 1. The van der Waals surface area contributed by atoms with Gasteiger partial charge in [0.05, 0.1) is 4.92 Å². The molecule has 0 radical (unpaired) electrons. The molecule has 0 spiro atoms. The van der Waals surface area contributed by atoms with Crippen LogP contribution < -0.4 is 4.90 Å². The number of non-ortho nitro benzene ring substituents is 1. The van der Waals surface area contributed by atoms with Gasteiger partial charge < -0.3 is 14.5 Å². The van der Waals surface area contributed by atoms with Gasteiger partial charge in [0.15, 0.2) is 0 Å². The van der Waals surface area contributed by atoms with Crippen LogP contribution in [0.4, 0.5) is 16.2 Å². The Hall–Kier alpha value is -2.35. The number of anilines is 1. The van der Waals surface area contributed by atoms with E-state index in [9.17, 15) is 14.9 Å². The second-order valence-corrected chi connectivity index (χ2v) is 9.19. The number of benzene rings is 1. The van der Waals surface area contributed by atoms with Crippen molar-refractivity contribution < 1.29 is 14.5 Å². The zero-order chi connectivity index (χ0) is 20.1. The Morgan fingerprint density at radius 2 is 1.61 bits per heavy atom. The minimum absolute atomic E-state index is 0.133. The molecule has 3 aliphatic rings. The van der Waals surface area contributed by atoms with Gasteiger partial charge in [0.2, 0.25) is 0 Å². The van der Waals surface area contributed by atoms with E-state index in [0.717, 1.165) is 45.0 Å². The number of likely N-dealkylation sites (tertiary alicyclic amines) is 2. The smallest absolute Gasteiger partial charge is 0.410 e. The molecule has 8 heteroatoms. The van der Waals surface area contributed by atoms with Crippen LogP contribution in [0.3, 0.4) is 0 Å². The summed E-state index contributed by atoms with van der Waals surface area (Å²) in [5, 5.41) is 10.8. The summed E-state index contributed by atoms with van der Waals surface area (Å²) in [6, 6.07) is 7.29. The third-order valence-electron chi connectivity index (χ3n) is 5.97. The number of amides is 1. The van der Waals surface area contributed by atoms with Crippen molar-refractivity contribution in [3.8, 4) is 0 Å². The Bertz CT molecular complexity index is 740. The number of carbonyl (C=O) groups is 1. The van der Waals surface area contributed by atoms with E-state index < -0.39 is 5.60 Å². The van der Waals surface area contributed by atoms with Crippen molar-refractivity contribution >= 4 is 17.5 Å². The Morgan fingerprint density at radius 3 is 2.11 bits per heavy atom. The molecule has 0 aliphatic carbocycles. The Labute approximate surface area is 165 Å². The molecule has 2 atom stereocenters. The fraction of sp³-hybridized carbons (Fsp3) is 0.650. The van der Waals surface area contributed by atoms with Gasteiger partial charge in [0, 0.05) is 63.1 Å². The van der Waals surface area contributed by atoms with Crippen LogP contribution in [-0.4, -0.2) is 71.7 Å². The van der Waals surface area contributed by atoms with Crippen molar-refractivity contribution in [2.24, 2.45) is 11.8 Å². The zero-order valence-electron chi connectivity index (χ0n) is 16.7. The molecule has 3 fully saturated rings. The summed E-state index contributed by atoms with van der Waals surface area (Å²) in [5.74, 6) is 1.23. The molecule has 0 bridgehead atoms. The first-order valence-corrected chi connectivity index (χ1v) is 9.91. The maximum atomic E-state index is 12.1. The summed E-state index contributed by atoms with van der Waals surface area (Å²) >= 11 is 0. The van der Waals surface area contributed by atoms with Gasteiger partial charge in [-0.3, -0.25) is 15.0 Å². The van der Waals surface area contributed by atoms with Gasteiger partial charge in [-0.15, -0.1) is 0 Å². The maximum Gasteiger partial charge on any atom is 0.410 e. The molecule has 0 unspecified atom stereocenters. The van der Waals surface area contributed by atoms with Gasteiger partial charge in [-0.25, -0.2) is 4.79 Å². The van der Waals surface area contributed by atoms with Crippen molar-refractivity contribution in [2.75, 3.05) is 44.2 Å². The van der Waals surface area contributed by atoms with Crippen LogP contribution in [0.5, 0.6) is 0 Å². The molecular weight excluding hydrogens is 360 g/mol. The quantitative estimate of drug-likeness (QED) is 0.585. The molecule has 1 aromatic rings. The minimum atomic E-state index is -0.450. The van der Waals surface area contributed by atoms with Crippen molar-refractivity contribution in [1.82, 2.24) is 9.80 Å². The summed E-state index contributed by atoms with van der Waals surface area (Å²) in [6.45, 7) is 11.3. The SMILES string of the molecule is CC(C)(C)OC(=O)N1CC(N2C[C@H]3CN(c4ccc([N+](=O)[O-])cc4)C[C@H]3C2)C1. The summed E-state index contributed by atoms with van der Waals surface area (Å²) < 4.78 is 5.43. The van der Waals surface area contributed by atoms with E-state index in [2.05, 4.69) is 9.80 Å². The number of hydrogen-bond acceptors (Lipinski definition) is 6. The topological polar surface area (TPSA) is 79.2 Å². The highest BCUT2D eigenvalue weighted by molar-refractivity contribution is 5.69. The molecular formula is C20H28N4O4. The predicted octanol–water partition coefficient (Wildman–Crippen LogP) is 2.58. The number of hydrogen-bond donors (Lipinski definition) is 0. The largest absolute Gasteiger partial charge is 0.444 e. The predicted molar refractivity (Wildman–Crippen MR) is 105 cm³/mol. The molecule has 0 aromatic heterocycles. The second-order valence-electron chi connectivity index (χ2n) is 9.19. The summed E-state index contributed by atoms with van der Waals surface area (Å²) in [7, 11) is 0. The lowest BCUT2D eigenvalue weighted by molar-refractivity contribution is -0.384. The normalized spacial score (nSPS) is 25.5. The van der Waals surface area contributed by atoms with E-state index in [1.807, 2.05) is 32.9 Å². The molecule has 3 heterocycles. The van der Waals surface area contributed by atoms with Crippen LogP contribution in [0.2, 0.25) is 0 Å². The van der Waals surface area contributed by atoms with E-state index in [1.54, 1.807) is 17.0 Å². The first kappa shape index (κ1) is 19.0. The monoisotopic (exact) mass is 388 g/mol. The zero-order valence-corrected chi connectivity index (χ0v) is 16.7. The number of ether oxygens (including phenoxy) is 1. The summed E-state index contributed by atoms with van der Waals surface area (Å²) in [5.41, 5.74) is 0.744. The standard InChI is InChI=1S/C20H28N4O4/c1-20(2,3)28-19(25)23-12-18(13-23)22-10-14-8-21(9-15(14)11-22)16-4-6-17(7-5-16)24(26)27/h4-7,14-15,18H,8-13H2,1-3H3/t14-,15+. The maximum absolute atomic E-state index is 12.1. The number of rotatable bonds is 3. The van der Waals surface area contributed by atoms with Crippen LogP contribution in [0.25, 0.3) is 0 Å². The summed E-state index contributed by atoms with van der Waals surface area (Å²) in [4.78, 5) is 29.2. The van der Waals surface area contributed by atoms with Crippen molar-refractivity contribution in [2.45, 2.75) is 32.4 Å². The van der Waals surface area contributed by atoms with Gasteiger partial charge in [0.25, 0.3) is 5.69 Å². The highest BCUT2D eigenvalue weighted by atomic mass is 16.6. The molecule has 1 amide bonds. The lowest BCUT2D eigenvalue weighted by Crippen LogP contribution is -2.61. The van der Waals surface area contributed by atoms with Crippen molar-refractivity contribution in [3.63, 3.8) is 0 Å². The highest BCUT2D eigenvalue weighted by Crippen LogP contribution is 2.36. The molecule has 0 saturated carbocycles. The lowest BCUT2D eigenvalue weighted by atomic mass is 10.0. The van der Waals surface area contributed by atoms with E-state index in [1.165, 1.54) is 0 Å². The van der Waals surface area contributed by atoms with Crippen LogP contribution >= 0.6 is 0 Å². The molecule has 3 aliphatic heterocycles. The average molecular weight is 388 g/mol. The third kappa shape index (κ3) is 3.78. The molecule has 152 valence electrons. The highest BCUT2D eigenvalue weighted by Gasteiger charge is 2.45. The molecule has 8 nitrogen and oxygen atoms in total. The van der Waals surface area contributed by atoms with Gasteiger partial charge >= 0.3 is 6.09 Å². The average Bonchev–Trinajstić information content (AvgIpc) is 3.10. The minimum Gasteiger partial charge on any atom is -0.444 e. The van der Waals surface area contributed by atoms with Gasteiger partial charge in [0.1, 0.15) is 5.60 Å². The Morgan fingerprint density at radius 1 is 1.04 bits per heavy atom. The number of nitro benzene ring substituents is 1. The van der Waals surface area contributed by atoms with Crippen LogP contribution in [0.1, 0.15) is 20.8 Å². The Kier molecular flexibility index (Phi) is 4.69. The van der Waals surface area contributed by atoms with Gasteiger partial charge in [-0.2, -0.15) is 0 Å².